The van der Waals surface area contributed by atoms with Crippen molar-refractivity contribution in [2.24, 2.45) is 11.3 Å². The Labute approximate surface area is 97.3 Å². The third-order valence-electron chi connectivity index (χ3n) is 3.85. The van der Waals surface area contributed by atoms with Gasteiger partial charge in [-0.1, -0.05) is 44.2 Å². The number of aliphatic hydroxyl groups is 1. The molecule has 1 fully saturated rings. The van der Waals surface area contributed by atoms with E-state index in [2.05, 4.69) is 26.0 Å². The van der Waals surface area contributed by atoms with Crippen LogP contribution in [0.25, 0.3) is 0 Å². The molecule has 2 rings (SSSR count). The van der Waals surface area contributed by atoms with Crippen molar-refractivity contribution in [2.75, 3.05) is 6.61 Å². The van der Waals surface area contributed by atoms with Gasteiger partial charge in [0.15, 0.2) is 0 Å². The van der Waals surface area contributed by atoms with E-state index in [1.807, 2.05) is 18.2 Å². The molecule has 0 amide bonds. The maximum atomic E-state index is 9.61. The average molecular weight is 220 g/mol. The second-order valence-corrected chi connectivity index (χ2v) is 5.27. The maximum Gasteiger partial charge on any atom is 0.0717 e. The van der Waals surface area contributed by atoms with Crippen molar-refractivity contribution in [1.29, 1.82) is 0 Å². The van der Waals surface area contributed by atoms with E-state index in [9.17, 15) is 5.11 Å². The van der Waals surface area contributed by atoms with E-state index in [-0.39, 0.29) is 11.5 Å². The number of hydrogen-bond donors (Lipinski definition) is 1. The fraction of sp³-hybridized carbons (Fsp3) is 0.571. The molecule has 2 heteroatoms. The Morgan fingerprint density at radius 1 is 1.31 bits per heavy atom. The van der Waals surface area contributed by atoms with Crippen molar-refractivity contribution in [1.82, 2.24) is 0 Å². The lowest BCUT2D eigenvalue weighted by molar-refractivity contribution is -0.127. The summed E-state index contributed by atoms with van der Waals surface area (Å²) in [5.41, 5.74) is 1.23. The molecule has 2 unspecified atom stereocenters. The monoisotopic (exact) mass is 220 g/mol. The van der Waals surface area contributed by atoms with Crippen LogP contribution in [0, 0.1) is 11.3 Å². The molecule has 0 aliphatic heterocycles. The predicted octanol–water partition coefficient (Wildman–Crippen LogP) is 2.61. The Hall–Kier alpha value is -0.860. The van der Waals surface area contributed by atoms with Gasteiger partial charge in [-0.05, 0) is 23.3 Å². The average Bonchev–Trinajstić information content (AvgIpc) is 2.29. The summed E-state index contributed by atoms with van der Waals surface area (Å²) in [6, 6.07) is 10.2. The first-order valence-corrected chi connectivity index (χ1v) is 5.90. The predicted molar refractivity (Wildman–Crippen MR) is 64.0 cm³/mol. The van der Waals surface area contributed by atoms with Crippen LogP contribution in [0.2, 0.25) is 0 Å². The molecule has 0 saturated heterocycles. The Bertz CT molecular complexity index is 332. The molecule has 0 spiro atoms. The third-order valence-corrected chi connectivity index (χ3v) is 3.85. The van der Waals surface area contributed by atoms with Gasteiger partial charge in [-0.3, -0.25) is 0 Å². The molecular formula is C14H20O2. The van der Waals surface area contributed by atoms with E-state index in [0.717, 1.165) is 13.0 Å². The summed E-state index contributed by atoms with van der Waals surface area (Å²) in [6.45, 7) is 5.64. The number of hydrogen-bond acceptors (Lipinski definition) is 2. The Kier molecular flexibility index (Phi) is 3.31. The van der Waals surface area contributed by atoms with Crippen LogP contribution in [0.3, 0.4) is 0 Å². The fourth-order valence-electron chi connectivity index (χ4n) is 2.16. The Balaban J connectivity index is 1.74. The van der Waals surface area contributed by atoms with Crippen molar-refractivity contribution in [3.05, 3.63) is 35.9 Å². The van der Waals surface area contributed by atoms with Gasteiger partial charge >= 0.3 is 0 Å². The van der Waals surface area contributed by atoms with Gasteiger partial charge in [0.05, 0.1) is 19.3 Å². The van der Waals surface area contributed by atoms with Gasteiger partial charge in [0.2, 0.25) is 0 Å². The highest BCUT2D eigenvalue weighted by Crippen LogP contribution is 2.46. The molecule has 1 aliphatic carbocycles. The molecule has 16 heavy (non-hydrogen) atoms. The zero-order valence-electron chi connectivity index (χ0n) is 10.0. The fourth-order valence-corrected chi connectivity index (χ4v) is 2.16. The van der Waals surface area contributed by atoms with Crippen LogP contribution >= 0.6 is 0 Å². The molecule has 1 N–H and O–H groups in total. The lowest BCUT2D eigenvalue weighted by Gasteiger charge is -2.49. The van der Waals surface area contributed by atoms with E-state index >= 15 is 0 Å². The first-order valence-electron chi connectivity index (χ1n) is 5.90. The molecule has 88 valence electrons. The minimum Gasteiger partial charge on any atom is -0.393 e. The summed E-state index contributed by atoms with van der Waals surface area (Å²) in [6.07, 6.45) is 0.722. The molecule has 1 aliphatic rings. The van der Waals surface area contributed by atoms with Crippen molar-refractivity contribution >= 4 is 0 Å². The normalized spacial score (nSPS) is 27.4. The zero-order valence-corrected chi connectivity index (χ0v) is 10.0. The minimum atomic E-state index is -0.155. The second kappa shape index (κ2) is 4.56. The van der Waals surface area contributed by atoms with Crippen LogP contribution in [0.5, 0.6) is 0 Å². The van der Waals surface area contributed by atoms with Gasteiger partial charge in [0.1, 0.15) is 0 Å². The van der Waals surface area contributed by atoms with E-state index in [0.29, 0.717) is 12.5 Å². The van der Waals surface area contributed by atoms with Crippen LogP contribution in [-0.2, 0) is 11.3 Å². The summed E-state index contributed by atoms with van der Waals surface area (Å²) in [4.78, 5) is 0. The first-order chi connectivity index (χ1) is 7.60. The van der Waals surface area contributed by atoms with E-state index < -0.39 is 0 Å². The quantitative estimate of drug-likeness (QED) is 0.845. The molecule has 0 heterocycles. The van der Waals surface area contributed by atoms with Gasteiger partial charge in [-0.25, -0.2) is 0 Å². The molecule has 1 saturated carbocycles. The van der Waals surface area contributed by atoms with Gasteiger partial charge in [0.25, 0.3) is 0 Å². The number of benzene rings is 1. The van der Waals surface area contributed by atoms with Crippen molar-refractivity contribution < 1.29 is 9.84 Å². The van der Waals surface area contributed by atoms with Crippen LogP contribution < -0.4 is 0 Å². The molecule has 0 bridgehead atoms. The molecule has 0 radical (unpaired) electrons. The van der Waals surface area contributed by atoms with Crippen LogP contribution in [0.15, 0.2) is 30.3 Å². The number of ether oxygens (including phenoxy) is 1. The summed E-state index contributed by atoms with van der Waals surface area (Å²) in [5.74, 6) is 0.492. The van der Waals surface area contributed by atoms with E-state index in [1.165, 1.54) is 5.56 Å². The topological polar surface area (TPSA) is 29.5 Å². The van der Waals surface area contributed by atoms with Crippen molar-refractivity contribution in [2.45, 2.75) is 33.0 Å². The van der Waals surface area contributed by atoms with E-state index in [4.69, 9.17) is 4.74 Å². The van der Waals surface area contributed by atoms with Gasteiger partial charge < -0.3 is 9.84 Å². The van der Waals surface area contributed by atoms with E-state index in [1.54, 1.807) is 0 Å². The molecule has 1 aromatic rings. The first kappa shape index (κ1) is 11.6. The highest BCUT2D eigenvalue weighted by Gasteiger charge is 2.46. The van der Waals surface area contributed by atoms with Crippen molar-refractivity contribution in [3.63, 3.8) is 0 Å². The molecule has 2 nitrogen and oxygen atoms in total. The highest BCUT2D eigenvalue weighted by atomic mass is 16.5. The van der Waals surface area contributed by atoms with Crippen molar-refractivity contribution in [3.8, 4) is 0 Å². The maximum absolute atomic E-state index is 9.61. The zero-order chi connectivity index (χ0) is 11.6. The molecule has 2 atom stereocenters. The Morgan fingerprint density at radius 2 is 2.00 bits per heavy atom. The number of rotatable bonds is 4. The van der Waals surface area contributed by atoms with Gasteiger partial charge in [-0.15, -0.1) is 0 Å². The van der Waals surface area contributed by atoms with Gasteiger partial charge in [0, 0.05) is 0 Å². The second-order valence-electron chi connectivity index (χ2n) is 5.27. The van der Waals surface area contributed by atoms with Crippen LogP contribution in [-0.4, -0.2) is 17.8 Å². The summed E-state index contributed by atoms with van der Waals surface area (Å²) in [5, 5.41) is 9.61. The Morgan fingerprint density at radius 3 is 2.56 bits per heavy atom. The minimum absolute atomic E-state index is 0.0245. The summed E-state index contributed by atoms with van der Waals surface area (Å²) in [7, 11) is 0. The highest BCUT2D eigenvalue weighted by molar-refractivity contribution is 5.13. The molecular weight excluding hydrogens is 200 g/mol. The third kappa shape index (κ3) is 2.28. The van der Waals surface area contributed by atoms with Crippen LogP contribution in [0.4, 0.5) is 0 Å². The standard InChI is InChI=1S/C14H20O2/c1-14(2)12(8-13(14)15)10-16-9-11-6-4-3-5-7-11/h3-7,12-13,15H,8-10H2,1-2H3. The SMILES string of the molecule is CC1(C)C(O)CC1COCc1ccccc1. The molecule has 0 aromatic heterocycles. The molecule has 1 aromatic carbocycles. The summed E-state index contributed by atoms with van der Waals surface area (Å²) >= 11 is 0. The smallest absolute Gasteiger partial charge is 0.0717 e. The summed E-state index contributed by atoms with van der Waals surface area (Å²) < 4.78 is 5.70. The largest absolute Gasteiger partial charge is 0.393 e. The lowest BCUT2D eigenvalue weighted by Crippen LogP contribution is -2.50. The van der Waals surface area contributed by atoms with Crippen LogP contribution in [0.1, 0.15) is 25.8 Å². The lowest BCUT2D eigenvalue weighted by atomic mass is 9.60. The number of aliphatic hydroxyl groups excluding tert-OH is 1. The van der Waals surface area contributed by atoms with Gasteiger partial charge in [-0.2, -0.15) is 0 Å².